The van der Waals surface area contributed by atoms with Crippen molar-refractivity contribution in [2.24, 2.45) is 5.92 Å². The Labute approximate surface area is 137 Å². The molecule has 4 rings (SSSR count). The number of hydrogen-bond donors (Lipinski definition) is 0. The van der Waals surface area contributed by atoms with Crippen LogP contribution in [0.15, 0.2) is 24.4 Å². The van der Waals surface area contributed by atoms with Crippen LogP contribution in [0.1, 0.15) is 25.0 Å². The molecule has 126 valence electrons. The van der Waals surface area contributed by atoms with Crippen LogP contribution in [0, 0.1) is 5.92 Å². The zero-order valence-electron chi connectivity index (χ0n) is 13.7. The average Bonchev–Trinajstić information content (AvgIpc) is 2.99. The maximum absolute atomic E-state index is 6.14. The number of aromatic nitrogens is 1. The molecule has 1 aromatic rings. The molecule has 5 heteroatoms. The van der Waals surface area contributed by atoms with Gasteiger partial charge in [0.15, 0.2) is 0 Å². The molecule has 1 aromatic heterocycles. The van der Waals surface area contributed by atoms with Gasteiger partial charge in [-0.2, -0.15) is 0 Å². The van der Waals surface area contributed by atoms with Gasteiger partial charge in [-0.25, -0.2) is 0 Å². The largest absolute Gasteiger partial charge is 0.381 e. The van der Waals surface area contributed by atoms with Gasteiger partial charge in [0.2, 0.25) is 0 Å². The van der Waals surface area contributed by atoms with Gasteiger partial charge < -0.3 is 14.2 Å². The lowest BCUT2D eigenvalue weighted by Crippen LogP contribution is -2.68. The van der Waals surface area contributed by atoms with E-state index < -0.39 is 0 Å². The molecule has 0 aromatic carbocycles. The third-order valence-corrected chi connectivity index (χ3v) is 5.54. The van der Waals surface area contributed by atoms with E-state index in [9.17, 15) is 0 Å². The highest BCUT2D eigenvalue weighted by atomic mass is 16.5. The van der Waals surface area contributed by atoms with E-state index in [2.05, 4.69) is 9.88 Å². The van der Waals surface area contributed by atoms with Crippen LogP contribution in [0.4, 0.5) is 0 Å². The quantitative estimate of drug-likeness (QED) is 0.829. The molecule has 1 atom stereocenters. The number of rotatable bonds is 5. The third-order valence-electron chi connectivity index (χ3n) is 5.54. The lowest BCUT2D eigenvalue weighted by atomic mass is 9.79. The van der Waals surface area contributed by atoms with Crippen molar-refractivity contribution < 1.29 is 14.2 Å². The smallest absolute Gasteiger partial charge is 0.0985 e. The first-order valence-electron chi connectivity index (χ1n) is 8.79. The van der Waals surface area contributed by atoms with Gasteiger partial charge in [0, 0.05) is 51.1 Å². The van der Waals surface area contributed by atoms with E-state index in [1.807, 2.05) is 24.4 Å². The van der Waals surface area contributed by atoms with Gasteiger partial charge in [-0.3, -0.25) is 9.88 Å². The number of ether oxygens (including phenoxy) is 3. The Morgan fingerprint density at radius 1 is 1.17 bits per heavy atom. The number of hydrogen-bond acceptors (Lipinski definition) is 5. The number of nitrogens with zero attached hydrogens (tertiary/aromatic N) is 2. The fraction of sp³-hybridized carbons (Fsp3) is 0.722. The lowest BCUT2D eigenvalue weighted by Gasteiger charge is -2.54. The first-order chi connectivity index (χ1) is 11.4. The Bertz CT molecular complexity index is 498. The van der Waals surface area contributed by atoms with Crippen molar-refractivity contribution in [3.8, 4) is 0 Å². The molecule has 0 N–H and O–H groups in total. The minimum Gasteiger partial charge on any atom is -0.381 e. The molecule has 3 saturated heterocycles. The summed E-state index contributed by atoms with van der Waals surface area (Å²) in [6.07, 6.45) is 5.26. The summed E-state index contributed by atoms with van der Waals surface area (Å²) in [6, 6.07) is 6.64. The van der Waals surface area contributed by atoms with E-state index in [0.717, 1.165) is 64.5 Å². The minimum atomic E-state index is 0.0441. The molecule has 0 radical (unpaired) electrons. The van der Waals surface area contributed by atoms with Crippen LogP contribution < -0.4 is 0 Å². The zero-order chi connectivity index (χ0) is 15.5. The molecule has 0 aliphatic carbocycles. The highest BCUT2D eigenvalue weighted by molar-refractivity contribution is 5.07. The Morgan fingerprint density at radius 3 is 2.83 bits per heavy atom. The van der Waals surface area contributed by atoms with Crippen molar-refractivity contribution >= 4 is 0 Å². The average molecular weight is 318 g/mol. The molecule has 0 saturated carbocycles. The van der Waals surface area contributed by atoms with Gasteiger partial charge >= 0.3 is 0 Å². The van der Waals surface area contributed by atoms with Crippen molar-refractivity contribution in [2.45, 2.75) is 37.5 Å². The molecule has 3 aliphatic heterocycles. The maximum atomic E-state index is 6.14. The molecule has 1 spiro atoms. The van der Waals surface area contributed by atoms with E-state index in [4.69, 9.17) is 14.2 Å². The fourth-order valence-corrected chi connectivity index (χ4v) is 4.11. The Morgan fingerprint density at radius 2 is 2.04 bits per heavy atom. The normalized spacial score (nSPS) is 28.1. The topological polar surface area (TPSA) is 43.8 Å². The van der Waals surface area contributed by atoms with Crippen molar-refractivity contribution in [1.29, 1.82) is 0 Å². The van der Waals surface area contributed by atoms with Gasteiger partial charge in [0.1, 0.15) is 0 Å². The first-order valence-corrected chi connectivity index (χ1v) is 8.79. The van der Waals surface area contributed by atoms with Crippen LogP contribution in [0.5, 0.6) is 0 Å². The van der Waals surface area contributed by atoms with Gasteiger partial charge in [-0.15, -0.1) is 0 Å². The maximum Gasteiger partial charge on any atom is 0.0985 e. The second kappa shape index (κ2) is 6.85. The summed E-state index contributed by atoms with van der Waals surface area (Å²) in [7, 11) is 0. The molecule has 0 bridgehead atoms. The number of likely N-dealkylation sites (tertiary alicyclic amines) is 1. The lowest BCUT2D eigenvalue weighted by molar-refractivity contribution is -0.164. The molecule has 4 heterocycles. The van der Waals surface area contributed by atoms with Gasteiger partial charge in [-0.1, -0.05) is 6.07 Å². The van der Waals surface area contributed by atoms with E-state index in [1.54, 1.807) is 0 Å². The van der Waals surface area contributed by atoms with Crippen molar-refractivity contribution in [1.82, 2.24) is 9.88 Å². The SMILES string of the molecule is c1ccc(COC[C@H]2CCOC23CN(C2CCOCC2)C3)nc1. The van der Waals surface area contributed by atoms with Gasteiger partial charge in [0.05, 0.1) is 24.5 Å². The van der Waals surface area contributed by atoms with E-state index in [-0.39, 0.29) is 5.60 Å². The minimum absolute atomic E-state index is 0.0441. The summed E-state index contributed by atoms with van der Waals surface area (Å²) in [5.41, 5.74) is 1.04. The molecule has 0 amide bonds. The molecule has 3 fully saturated rings. The zero-order valence-corrected chi connectivity index (χ0v) is 13.7. The predicted octanol–water partition coefficient (Wildman–Crippen LogP) is 1.87. The van der Waals surface area contributed by atoms with Crippen LogP contribution in [-0.2, 0) is 20.8 Å². The summed E-state index contributed by atoms with van der Waals surface area (Å²) in [4.78, 5) is 6.89. The highest BCUT2D eigenvalue weighted by Crippen LogP contribution is 2.42. The summed E-state index contributed by atoms with van der Waals surface area (Å²) in [5, 5.41) is 0. The fourth-order valence-electron chi connectivity index (χ4n) is 4.11. The molecular formula is C18H26N2O3. The Hall–Kier alpha value is -1.01. The highest BCUT2D eigenvalue weighted by Gasteiger charge is 2.54. The standard InChI is InChI=1S/C18H26N2O3/c1-2-7-19-16(3-1)12-22-11-15-4-10-23-18(15)13-20(14-18)17-5-8-21-9-6-17/h1-3,7,15,17H,4-6,8-14H2/t15-/m1/s1. The molecule has 23 heavy (non-hydrogen) atoms. The predicted molar refractivity (Wildman–Crippen MR) is 86.1 cm³/mol. The third kappa shape index (κ3) is 3.29. The first kappa shape index (κ1) is 15.5. The van der Waals surface area contributed by atoms with Crippen LogP contribution in [0.25, 0.3) is 0 Å². The summed E-state index contributed by atoms with van der Waals surface area (Å²) in [5.74, 6) is 0.516. The monoisotopic (exact) mass is 318 g/mol. The molecule has 0 unspecified atom stereocenters. The van der Waals surface area contributed by atoms with Crippen molar-refractivity contribution in [2.75, 3.05) is 39.5 Å². The molecule has 5 nitrogen and oxygen atoms in total. The Kier molecular flexibility index (Phi) is 4.62. The second-order valence-corrected chi connectivity index (χ2v) is 6.98. The van der Waals surface area contributed by atoms with Crippen LogP contribution in [0.3, 0.4) is 0 Å². The van der Waals surface area contributed by atoms with Gasteiger partial charge in [-0.05, 0) is 31.4 Å². The van der Waals surface area contributed by atoms with E-state index >= 15 is 0 Å². The van der Waals surface area contributed by atoms with Crippen LogP contribution >= 0.6 is 0 Å². The van der Waals surface area contributed by atoms with Crippen LogP contribution in [-0.4, -0.2) is 61.0 Å². The summed E-state index contributed by atoms with van der Waals surface area (Å²) < 4.78 is 17.5. The number of pyridine rings is 1. The van der Waals surface area contributed by atoms with Crippen molar-refractivity contribution in [3.63, 3.8) is 0 Å². The second-order valence-electron chi connectivity index (χ2n) is 6.98. The molecular weight excluding hydrogens is 292 g/mol. The molecule has 3 aliphatic rings. The van der Waals surface area contributed by atoms with E-state index in [0.29, 0.717) is 18.6 Å². The van der Waals surface area contributed by atoms with E-state index in [1.165, 1.54) is 0 Å². The Balaban J connectivity index is 1.26. The summed E-state index contributed by atoms with van der Waals surface area (Å²) in [6.45, 7) is 6.19. The van der Waals surface area contributed by atoms with Crippen LogP contribution in [0.2, 0.25) is 0 Å². The summed E-state index contributed by atoms with van der Waals surface area (Å²) >= 11 is 0. The van der Waals surface area contributed by atoms with Crippen molar-refractivity contribution in [3.05, 3.63) is 30.1 Å². The van der Waals surface area contributed by atoms with Gasteiger partial charge in [0.25, 0.3) is 0 Å².